The summed E-state index contributed by atoms with van der Waals surface area (Å²) in [7, 11) is -2.46. The normalized spacial score (nSPS) is 14.6. The molecule has 0 spiro atoms. The Hall–Kier alpha value is 0.651. The summed E-state index contributed by atoms with van der Waals surface area (Å²) >= 11 is 0. The van der Waals surface area contributed by atoms with Gasteiger partial charge in [0, 0.05) is 24.2 Å². The number of hydrogen-bond donors (Lipinski definition) is 0. The van der Waals surface area contributed by atoms with E-state index >= 15 is 0 Å². The third kappa shape index (κ3) is 9.22. The van der Waals surface area contributed by atoms with Gasteiger partial charge in [0.2, 0.25) is 0 Å². The summed E-state index contributed by atoms with van der Waals surface area (Å²) in [5.41, 5.74) is 1.62. The molecular formula is C11H30Si3. The van der Waals surface area contributed by atoms with Crippen molar-refractivity contribution in [1.29, 1.82) is 0 Å². The smallest absolute Gasteiger partial charge is 0.0444 e. The molecule has 0 atom stereocenters. The molecule has 0 saturated carbocycles. The molecule has 86 valence electrons. The summed E-state index contributed by atoms with van der Waals surface area (Å²) in [6.07, 6.45) is 0. The van der Waals surface area contributed by atoms with Crippen LogP contribution in [0.4, 0.5) is 0 Å². The molecule has 0 aliphatic heterocycles. The Bertz CT molecular complexity index is 172. The molecule has 0 saturated heterocycles. The van der Waals surface area contributed by atoms with Crippen LogP contribution in [0.15, 0.2) is 0 Å². The van der Waals surface area contributed by atoms with Crippen molar-refractivity contribution in [3.8, 4) is 0 Å². The van der Waals surface area contributed by atoms with Crippen LogP contribution in [0.1, 0.15) is 0 Å². The van der Waals surface area contributed by atoms with Crippen molar-refractivity contribution in [2.75, 3.05) is 0 Å². The van der Waals surface area contributed by atoms with Crippen molar-refractivity contribution in [2.24, 2.45) is 0 Å². The second-order valence-corrected chi connectivity index (χ2v) is 24.9. The highest BCUT2D eigenvalue weighted by atomic mass is 28.4. The first-order valence-corrected chi connectivity index (χ1v) is 16.7. The topological polar surface area (TPSA) is 0 Å². The van der Waals surface area contributed by atoms with Crippen LogP contribution in [0.5, 0.6) is 0 Å². The van der Waals surface area contributed by atoms with E-state index in [0.29, 0.717) is 0 Å². The third-order valence-electron chi connectivity index (χ3n) is 2.56. The van der Waals surface area contributed by atoms with E-state index in [1.54, 1.807) is 17.8 Å². The molecule has 0 aromatic carbocycles. The maximum Gasteiger partial charge on any atom is 0.0444 e. The highest BCUT2D eigenvalue weighted by molar-refractivity contribution is 6.95. The van der Waals surface area contributed by atoms with E-state index in [1.165, 1.54) is 0 Å². The maximum atomic E-state index is 2.60. The molecule has 0 aliphatic rings. The van der Waals surface area contributed by atoms with Gasteiger partial charge in [0.1, 0.15) is 0 Å². The largest absolute Gasteiger partial charge is 0.0698 e. The molecule has 0 aliphatic carbocycles. The number of hydrogen-bond acceptors (Lipinski definition) is 0. The lowest BCUT2D eigenvalue weighted by molar-refractivity contribution is 1.25. The highest BCUT2D eigenvalue weighted by Gasteiger charge is 2.29. The van der Waals surface area contributed by atoms with Gasteiger partial charge in [0.15, 0.2) is 0 Å². The fourth-order valence-electron chi connectivity index (χ4n) is 2.24. The van der Waals surface area contributed by atoms with E-state index in [-0.39, 0.29) is 0 Å². The number of rotatable bonds is 5. The second-order valence-electron chi connectivity index (χ2n) is 7.96. The van der Waals surface area contributed by atoms with Crippen LogP contribution in [0.2, 0.25) is 70.1 Å². The molecule has 0 aromatic heterocycles. The van der Waals surface area contributed by atoms with E-state index in [9.17, 15) is 0 Å². The van der Waals surface area contributed by atoms with E-state index in [0.717, 1.165) is 0 Å². The molecule has 0 bridgehead atoms. The molecule has 0 fully saturated rings. The Kier molecular flexibility index (Phi) is 4.88. The van der Waals surface area contributed by atoms with Crippen molar-refractivity contribution in [3.05, 3.63) is 0 Å². The molecule has 0 amide bonds. The Labute approximate surface area is 94.5 Å². The van der Waals surface area contributed by atoms with Crippen molar-refractivity contribution in [2.45, 2.75) is 70.1 Å². The molecule has 0 N–H and O–H groups in total. The summed E-state index contributed by atoms with van der Waals surface area (Å²) in [6, 6.07) is 3.13. The summed E-state index contributed by atoms with van der Waals surface area (Å²) in [5.74, 6) is 0. The minimum absolute atomic E-state index is 0.792. The van der Waals surface area contributed by atoms with Crippen LogP contribution >= 0.6 is 0 Å². The summed E-state index contributed by atoms with van der Waals surface area (Å²) in [6.45, 7) is 20.3. The van der Waals surface area contributed by atoms with Crippen LogP contribution in [0.3, 0.4) is 0 Å². The fraction of sp³-hybridized carbons (Fsp3) is 1.00. The predicted octanol–water partition coefficient (Wildman–Crippen LogP) is 4.91. The van der Waals surface area contributed by atoms with Gasteiger partial charge >= 0.3 is 0 Å². The van der Waals surface area contributed by atoms with Crippen LogP contribution in [-0.4, -0.2) is 24.2 Å². The zero-order valence-electron chi connectivity index (χ0n) is 11.6. The summed E-state index contributed by atoms with van der Waals surface area (Å²) in [5, 5.41) is 0. The summed E-state index contributed by atoms with van der Waals surface area (Å²) in [4.78, 5) is 0. The zero-order chi connectivity index (χ0) is 11.6. The first-order valence-electron chi connectivity index (χ1n) is 5.91. The zero-order valence-corrected chi connectivity index (χ0v) is 14.6. The Morgan fingerprint density at radius 2 is 1.00 bits per heavy atom. The van der Waals surface area contributed by atoms with E-state index in [1.807, 2.05) is 0 Å². The van der Waals surface area contributed by atoms with Gasteiger partial charge in [-0.05, 0) is 0 Å². The Balaban J connectivity index is 4.09. The van der Waals surface area contributed by atoms with Gasteiger partial charge in [-0.3, -0.25) is 0 Å². The minimum atomic E-state index is -0.852. The van der Waals surface area contributed by atoms with Crippen molar-refractivity contribution >= 4 is 24.2 Å². The second kappa shape index (κ2) is 4.66. The first-order chi connectivity index (χ1) is 5.91. The van der Waals surface area contributed by atoms with Crippen LogP contribution < -0.4 is 0 Å². The highest BCUT2D eigenvalue weighted by Crippen LogP contribution is 2.27. The lowest BCUT2D eigenvalue weighted by atomic mass is 10.9. The van der Waals surface area contributed by atoms with Crippen molar-refractivity contribution in [3.63, 3.8) is 0 Å². The molecule has 0 aromatic rings. The molecule has 0 heterocycles. The lowest BCUT2D eigenvalue weighted by Gasteiger charge is -2.31. The van der Waals surface area contributed by atoms with Gasteiger partial charge in [-0.15, -0.1) is 0 Å². The molecule has 0 rings (SSSR count). The maximum absolute atomic E-state index is 2.60. The van der Waals surface area contributed by atoms with E-state index < -0.39 is 24.2 Å². The average Bonchev–Trinajstić information content (AvgIpc) is 1.76. The minimum Gasteiger partial charge on any atom is -0.0698 e. The van der Waals surface area contributed by atoms with E-state index in [4.69, 9.17) is 0 Å². The lowest BCUT2D eigenvalue weighted by Crippen LogP contribution is -2.38. The van der Waals surface area contributed by atoms with Gasteiger partial charge in [-0.1, -0.05) is 70.1 Å². The summed E-state index contributed by atoms with van der Waals surface area (Å²) < 4.78 is 0. The van der Waals surface area contributed by atoms with Gasteiger partial charge in [-0.25, -0.2) is 0 Å². The quantitative estimate of drug-likeness (QED) is 0.605. The van der Waals surface area contributed by atoms with Crippen molar-refractivity contribution < 1.29 is 0 Å². The van der Waals surface area contributed by atoms with Gasteiger partial charge in [-0.2, -0.15) is 0 Å². The molecule has 3 heteroatoms. The Morgan fingerprint density at radius 1 is 0.571 bits per heavy atom. The molecule has 0 radical (unpaired) electrons. The van der Waals surface area contributed by atoms with E-state index in [2.05, 4.69) is 52.4 Å². The van der Waals surface area contributed by atoms with Crippen LogP contribution in [0, 0.1) is 0 Å². The van der Waals surface area contributed by atoms with Gasteiger partial charge in [0.05, 0.1) is 0 Å². The fourth-order valence-corrected chi connectivity index (χ4v) is 20.1. The third-order valence-corrected chi connectivity index (χ3v) is 14.5. The molecule has 0 nitrogen and oxygen atoms in total. The van der Waals surface area contributed by atoms with Crippen molar-refractivity contribution in [1.82, 2.24) is 0 Å². The predicted molar refractivity (Wildman–Crippen MR) is 78.6 cm³/mol. The average molecular weight is 247 g/mol. The standard InChI is InChI=1S/C11H30Si3/c1-12(2,3)9-10-14(7,8)11-13(4,5)6/h9-11H2,1-8H3. The first kappa shape index (κ1) is 14.7. The Morgan fingerprint density at radius 3 is 1.29 bits per heavy atom. The molecular weight excluding hydrogens is 216 g/mol. The molecule has 14 heavy (non-hydrogen) atoms. The van der Waals surface area contributed by atoms with Gasteiger partial charge in [0.25, 0.3) is 0 Å². The van der Waals surface area contributed by atoms with Gasteiger partial charge < -0.3 is 0 Å². The monoisotopic (exact) mass is 246 g/mol. The molecule has 0 unspecified atom stereocenters. The SMILES string of the molecule is C[Si](C)(C)CC[Si](C)(C)C[Si](C)(C)C. The van der Waals surface area contributed by atoms with Crippen LogP contribution in [-0.2, 0) is 0 Å². The van der Waals surface area contributed by atoms with Crippen LogP contribution in [0.25, 0.3) is 0 Å².